The van der Waals surface area contributed by atoms with Gasteiger partial charge in [-0.1, -0.05) is 13.3 Å². The van der Waals surface area contributed by atoms with E-state index in [4.69, 9.17) is 15.2 Å². The molecule has 0 amide bonds. The van der Waals surface area contributed by atoms with Gasteiger partial charge in [-0.3, -0.25) is 4.90 Å². The lowest BCUT2D eigenvalue weighted by Crippen LogP contribution is -2.35. The van der Waals surface area contributed by atoms with E-state index in [9.17, 15) is 0 Å². The summed E-state index contributed by atoms with van der Waals surface area (Å²) in [5.74, 6) is 0. The quantitative estimate of drug-likeness (QED) is 0.519. The number of unbranched alkanes of at least 4 members (excludes halogenated alkanes) is 1. The molecule has 92 valence electrons. The molecule has 0 unspecified atom stereocenters. The third kappa shape index (κ3) is 10.1. The summed E-state index contributed by atoms with van der Waals surface area (Å²) < 4.78 is 10.5. The van der Waals surface area contributed by atoms with E-state index in [1.807, 2.05) is 0 Å². The van der Waals surface area contributed by atoms with Crippen LogP contribution >= 0.6 is 0 Å². The molecule has 0 aliphatic heterocycles. The summed E-state index contributed by atoms with van der Waals surface area (Å²) in [6.07, 6.45) is 2.34. The minimum Gasteiger partial charge on any atom is -0.383 e. The molecule has 0 rings (SSSR count). The summed E-state index contributed by atoms with van der Waals surface area (Å²) in [6, 6.07) is 0. The Bertz CT molecular complexity index is 123. The van der Waals surface area contributed by atoms with Gasteiger partial charge in [0.25, 0.3) is 0 Å². The second-order valence-corrected chi connectivity index (χ2v) is 3.59. The lowest BCUT2D eigenvalue weighted by Gasteiger charge is -2.20. The predicted molar refractivity (Wildman–Crippen MR) is 63.1 cm³/mol. The fourth-order valence-electron chi connectivity index (χ4n) is 1.28. The molecule has 0 aromatic rings. The van der Waals surface area contributed by atoms with Crippen LogP contribution in [0.4, 0.5) is 0 Å². The van der Waals surface area contributed by atoms with E-state index in [2.05, 4.69) is 11.8 Å². The molecule has 15 heavy (non-hydrogen) atoms. The molecule has 0 saturated heterocycles. The van der Waals surface area contributed by atoms with Crippen LogP contribution in [0.2, 0.25) is 0 Å². The van der Waals surface area contributed by atoms with Crippen molar-refractivity contribution in [3.8, 4) is 0 Å². The maximum atomic E-state index is 5.53. The van der Waals surface area contributed by atoms with Crippen molar-refractivity contribution in [1.82, 2.24) is 4.90 Å². The van der Waals surface area contributed by atoms with Crippen LogP contribution in [-0.4, -0.2) is 58.0 Å². The van der Waals surface area contributed by atoms with E-state index in [-0.39, 0.29) is 0 Å². The lowest BCUT2D eigenvalue weighted by molar-refractivity contribution is 0.0880. The standard InChI is InChI=1S/C11H26N2O2/c1-3-4-9-15-11-8-13(6-5-12)7-10-14-2/h3-12H2,1-2H3. The van der Waals surface area contributed by atoms with Crippen molar-refractivity contribution < 1.29 is 9.47 Å². The fourth-order valence-corrected chi connectivity index (χ4v) is 1.28. The largest absolute Gasteiger partial charge is 0.383 e. The Labute approximate surface area is 93.7 Å². The summed E-state index contributed by atoms with van der Waals surface area (Å²) in [5.41, 5.74) is 5.53. The minimum absolute atomic E-state index is 0.693. The SMILES string of the molecule is CCCCOCCN(CCN)CCOC. The fraction of sp³-hybridized carbons (Fsp3) is 1.00. The first kappa shape index (κ1) is 14.8. The van der Waals surface area contributed by atoms with Crippen LogP contribution in [0.1, 0.15) is 19.8 Å². The van der Waals surface area contributed by atoms with E-state index in [1.165, 1.54) is 6.42 Å². The van der Waals surface area contributed by atoms with Gasteiger partial charge in [-0.2, -0.15) is 0 Å². The van der Waals surface area contributed by atoms with Crippen molar-refractivity contribution in [2.45, 2.75) is 19.8 Å². The van der Waals surface area contributed by atoms with Crippen molar-refractivity contribution in [2.75, 3.05) is 53.1 Å². The molecule has 0 saturated carbocycles. The highest BCUT2D eigenvalue weighted by atomic mass is 16.5. The second kappa shape index (κ2) is 11.9. The maximum Gasteiger partial charge on any atom is 0.0593 e. The van der Waals surface area contributed by atoms with Gasteiger partial charge in [0.2, 0.25) is 0 Å². The van der Waals surface area contributed by atoms with Crippen LogP contribution in [0, 0.1) is 0 Å². The van der Waals surface area contributed by atoms with Gasteiger partial charge in [0.05, 0.1) is 13.2 Å². The normalized spacial score (nSPS) is 11.2. The lowest BCUT2D eigenvalue weighted by atomic mass is 10.4. The molecule has 0 aliphatic carbocycles. The van der Waals surface area contributed by atoms with E-state index in [0.29, 0.717) is 6.54 Å². The molecule has 0 aromatic carbocycles. The Kier molecular flexibility index (Phi) is 11.8. The van der Waals surface area contributed by atoms with Crippen LogP contribution in [-0.2, 0) is 9.47 Å². The first-order valence-electron chi connectivity index (χ1n) is 5.84. The molecule has 4 heteroatoms. The highest BCUT2D eigenvalue weighted by Crippen LogP contribution is 1.91. The van der Waals surface area contributed by atoms with Gasteiger partial charge in [0, 0.05) is 39.9 Å². The number of hydrogen-bond acceptors (Lipinski definition) is 4. The zero-order valence-corrected chi connectivity index (χ0v) is 10.2. The number of rotatable bonds is 11. The molecule has 0 atom stereocenters. The number of methoxy groups -OCH3 is 1. The summed E-state index contributed by atoms with van der Waals surface area (Å²) in [5, 5.41) is 0. The molecule has 0 heterocycles. The molecular weight excluding hydrogens is 192 g/mol. The summed E-state index contributed by atoms with van der Waals surface area (Å²) >= 11 is 0. The first-order valence-corrected chi connectivity index (χ1v) is 5.84. The topological polar surface area (TPSA) is 47.7 Å². The van der Waals surface area contributed by atoms with E-state index < -0.39 is 0 Å². The summed E-state index contributed by atoms with van der Waals surface area (Å²) in [4.78, 5) is 2.27. The first-order chi connectivity index (χ1) is 7.35. The van der Waals surface area contributed by atoms with Crippen LogP contribution in [0.5, 0.6) is 0 Å². The average molecular weight is 218 g/mol. The number of nitrogens with zero attached hydrogens (tertiary/aromatic N) is 1. The molecule has 0 aromatic heterocycles. The van der Waals surface area contributed by atoms with Crippen molar-refractivity contribution in [3.63, 3.8) is 0 Å². The Morgan fingerprint density at radius 2 is 1.80 bits per heavy atom. The molecule has 2 N–H and O–H groups in total. The van der Waals surface area contributed by atoms with Crippen molar-refractivity contribution in [1.29, 1.82) is 0 Å². The monoisotopic (exact) mass is 218 g/mol. The second-order valence-electron chi connectivity index (χ2n) is 3.59. The Hall–Kier alpha value is -0.160. The third-order valence-electron chi connectivity index (χ3n) is 2.25. The molecule has 0 spiro atoms. The number of ether oxygens (including phenoxy) is 2. The Balaban J connectivity index is 3.38. The number of hydrogen-bond donors (Lipinski definition) is 1. The molecule has 0 bridgehead atoms. The number of nitrogens with two attached hydrogens (primary N) is 1. The zero-order valence-electron chi connectivity index (χ0n) is 10.2. The molecular formula is C11H26N2O2. The van der Waals surface area contributed by atoms with E-state index in [1.54, 1.807) is 7.11 Å². The summed E-state index contributed by atoms with van der Waals surface area (Å²) in [7, 11) is 1.72. The average Bonchev–Trinajstić information content (AvgIpc) is 2.25. The third-order valence-corrected chi connectivity index (χ3v) is 2.25. The van der Waals surface area contributed by atoms with E-state index in [0.717, 1.165) is 45.9 Å². The van der Waals surface area contributed by atoms with Gasteiger partial charge in [-0.15, -0.1) is 0 Å². The van der Waals surface area contributed by atoms with Crippen molar-refractivity contribution in [3.05, 3.63) is 0 Å². The van der Waals surface area contributed by atoms with Gasteiger partial charge in [0.1, 0.15) is 0 Å². The van der Waals surface area contributed by atoms with Crippen LogP contribution in [0.3, 0.4) is 0 Å². The van der Waals surface area contributed by atoms with Gasteiger partial charge < -0.3 is 15.2 Å². The van der Waals surface area contributed by atoms with Gasteiger partial charge in [-0.05, 0) is 6.42 Å². The zero-order chi connectivity index (χ0) is 11.4. The van der Waals surface area contributed by atoms with Crippen LogP contribution in [0.15, 0.2) is 0 Å². The highest BCUT2D eigenvalue weighted by molar-refractivity contribution is 4.57. The minimum atomic E-state index is 0.693. The van der Waals surface area contributed by atoms with Crippen molar-refractivity contribution >= 4 is 0 Å². The highest BCUT2D eigenvalue weighted by Gasteiger charge is 2.02. The van der Waals surface area contributed by atoms with Crippen LogP contribution in [0.25, 0.3) is 0 Å². The predicted octanol–water partition coefficient (Wildman–Crippen LogP) is 0.710. The van der Waals surface area contributed by atoms with Crippen LogP contribution < -0.4 is 5.73 Å². The molecule has 0 fully saturated rings. The molecule has 0 radical (unpaired) electrons. The Morgan fingerprint density at radius 1 is 1.07 bits per heavy atom. The molecule has 0 aliphatic rings. The Morgan fingerprint density at radius 3 is 2.40 bits per heavy atom. The maximum absolute atomic E-state index is 5.53. The van der Waals surface area contributed by atoms with Gasteiger partial charge >= 0.3 is 0 Å². The van der Waals surface area contributed by atoms with Gasteiger partial charge in [0.15, 0.2) is 0 Å². The summed E-state index contributed by atoms with van der Waals surface area (Å²) in [6.45, 7) is 8.09. The van der Waals surface area contributed by atoms with Crippen molar-refractivity contribution in [2.24, 2.45) is 5.73 Å². The van der Waals surface area contributed by atoms with E-state index >= 15 is 0 Å². The van der Waals surface area contributed by atoms with Gasteiger partial charge in [-0.25, -0.2) is 0 Å². The molecule has 4 nitrogen and oxygen atoms in total. The smallest absolute Gasteiger partial charge is 0.0593 e.